The van der Waals surface area contributed by atoms with Gasteiger partial charge in [-0.2, -0.15) is 23.4 Å². The van der Waals surface area contributed by atoms with Crippen LogP contribution in [0.25, 0.3) is 5.69 Å². The topological polar surface area (TPSA) is 86.0 Å². The first-order valence-electron chi connectivity index (χ1n) is 9.31. The van der Waals surface area contributed by atoms with Crippen molar-refractivity contribution in [2.24, 2.45) is 0 Å². The normalized spacial score (nSPS) is 12.5. The lowest BCUT2D eigenvalue weighted by Gasteiger charge is -2.28. The molecular weight excluding hydrogens is 439 g/mol. The van der Waals surface area contributed by atoms with Gasteiger partial charge in [-0.1, -0.05) is 0 Å². The number of halogens is 5. The zero-order valence-corrected chi connectivity index (χ0v) is 16.8. The lowest BCUT2D eigenvalue weighted by Crippen LogP contribution is -2.42. The molecule has 1 amide bonds. The van der Waals surface area contributed by atoms with Crippen molar-refractivity contribution in [1.82, 2.24) is 29.9 Å². The number of carbonyl (C=O) groups excluding carboxylic acids is 1. The van der Waals surface area contributed by atoms with Crippen molar-refractivity contribution < 1.29 is 31.5 Å². The molecule has 0 spiro atoms. The summed E-state index contributed by atoms with van der Waals surface area (Å²) in [6.07, 6.45) is -0.775. The van der Waals surface area contributed by atoms with Gasteiger partial charge in [0.05, 0.1) is 36.4 Å². The highest BCUT2D eigenvalue weighted by molar-refractivity contribution is 5.98. The van der Waals surface area contributed by atoms with Gasteiger partial charge in [-0.25, -0.2) is 18.7 Å². The molecule has 3 aromatic rings. The summed E-state index contributed by atoms with van der Waals surface area (Å²) in [6.45, 7) is 3.31. The van der Waals surface area contributed by atoms with E-state index in [-0.39, 0.29) is 24.6 Å². The maximum Gasteiger partial charge on any atom is 0.434 e. The summed E-state index contributed by atoms with van der Waals surface area (Å²) >= 11 is 0. The Hall–Kier alpha value is -3.64. The van der Waals surface area contributed by atoms with E-state index in [9.17, 15) is 26.7 Å². The van der Waals surface area contributed by atoms with E-state index in [1.807, 2.05) is 0 Å². The fourth-order valence-electron chi connectivity index (χ4n) is 2.88. The van der Waals surface area contributed by atoms with Gasteiger partial charge in [-0.3, -0.25) is 4.79 Å². The molecule has 0 aliphatic heterocycles. The number of rotatable bonds is 7. The zero-order chi connectivity index (χ0) is 23.5. The second kappa shape index (κ2) is 9.24. The van der Waals surface area contributed by atoms with E-state index in [1.54, 1.807) is 13.8 Å². The van der Waals surface area contributed by atoms with E-state index < -0.39 is 41.1 Å². The van der Waals surface area contributed by atoms with Gasteiger partial charge in [0.15, 0.2) is 17.3 Å². The summed E-state index contributed by atoms with van der Waals surface area (Å²) in [6, 6.07) is 1.34. The molecule has 1 unspecified atom stereocenters. The second-order valence-electron chi connectivity index (χ2n) is 6.56. The maximum absolute atomic E-state index is 14.5. The average molecular weight is 456 g/mol. The van der Waals surface area contributed by atoms with E-state index >= 15 is 0 Å². The van der Waals surface area contributed by atoms with Crippen LogP contribution in [0.5, 0.6) is 5.88 Å². The van der Waals surface area contributed by atoms with Crippen LogP contribution in [-0.2, 0) is 6.18 Å². The van der Waals surface area contributed by atoms with Crippen LogP contribution in [0, 0.1) is 11.6 Å². The fraction of sp³-hybridized carbons (Fsp3) is 0.316. The van der Waals surface area contributed by atoms with Crippen LogP contribution in [0.4, 0.5) is 22.0 Å². The first kappa shape index (κ1) is 23.0. The number of hydrogen-bond acceptors (Lipinski definition) is 6. The number of carbonyl (C=O) groups is 1. The van der Waals surface area contributed by atoms with Crippen molar-refractivity contribution in [2.75, 3.05) is 13.2 Å². The van der Waals surface area contributed by atoms with Gasteiger partial charge in [0, 0.05) is 6.54 Å². The van der Waals surface area contributed by atoms with Gasteiger partial charge >= 0.3 is 6.18 Å². The zero-order valence-electron chi connectivity index (χ0n) is 16.8. The molecule has 170 valence electrons. The number of nitrogens with zero attached hydrogens (tertiary/aromatic N) is 6. The molecule has 0 N–H and O–H groups in total. The Balaban J connectivity index is 1.78. The molecule has 13 heteroatoms. The number of hydrogen-bond donors (Lipinski definition) is 0. The van der Waals surface area contributed by atoms with E-state index in [2.05, 4.69) is 20.2 Å². The van der Waals surface area contributed by atoms with Crippen molar-refractivity contribution >= 4 is 5.91 Å². The van der Waals surface area contributed by atoms with Gasteiger partial charge in [0.2, 0.25) is 5.88 Å². The van der Waals surface area contributed by atoms with Gasteiger partial charge in [-0.05, 0) is 26.0 Å². The Kier molecular flexibility index (Phi) is 6.65. The predicted molar refractivity (Wildman–Crippen MR) is 100.0 cm³/mol. The average Bonchev–Trinajstić information content (AvgIpc) is 3.28. The maximum atomic E-state index is 14.5. The Morgan fingerprint density at radius 3 is 2.41 bits per heavy atom. The summed E-state index contributed by atoms with van der Waals surface area (Å²) < 4.78 is 71.3. The first-order chi connectivity index (χ1) is 15.1. The quantitative estimate of drug-likeness (QED) is 0.508. The third-order valence-corrected chi connectivity index (χ3v) is 4.44. The number of amides is 1. The molecule has 32 heavy (non-hydrogen) atoms. The number of ether oxygens (including phenoxy) is 1. The van der Waals surface area contributed by atoms with Gasteiger partial charge in [0.1, 0.15) is 12.3 Å². The monoisotopic (exact) mass is 456 g/mol. The Morgan fingerprint density at radius 2 is 1.84 bits per heavy atom. The Bertz CT molecular complexity index is 1070. The third-order valence-electron chi connectivity index (χ3n) is 4.44. The van der Waals surface area contributed by atoms with Crippen LogP contribution in [0.1, 0.15) is 29.9 Å². The fourth-order valence-corrected chi connectivity index (χ4v) is 2.88. The summed E-state index contributed by atoms with van der Waals surface area (Å²) in [4.78, 5) is 22.0. The predicted octanol–water partition coefficient (Wildman–Crippen LogP) is 3.28. The Morgan fingerprint density at radius 1 is 1.16 bits per heavy atom. The van der Waals surface area contributed by atoms with Gasteiger partial charge < -0.3 is 9.64 Å². The van der Waals surface area contributed by atoms with Crippen LogP contribution in [0.2, 0.25) is 0 Å². The van der Waals surface area contributed by atoms with Crippen LogP contribution in [0.15, 0.2) is 36.9 Å². The third kappa shape index (κ3) is 4.81. The van der Waals surface area contributed by atoms with E-state index in [1.165, 1.54) is 17.3 Å². The Labute approximate surface area is 178 Å². The molecule has 0 aliphatic carbocycles. The number of alkyl halides is 3. The largest absolute Gasteiger partial charge is 0.474 e. The molecule has 1 aromatic carbocycles. The van der Waals surface area contributed by atoms with Crippen molar-refractivity contribution in [3.63, 3.8) is 0 Å². The first-order valence-corrected chi connectivity index (χ1v) is 9.31. The standard InChI is InChI=1S/C19H17F5N6O2/c1-3-29(11(2)10-32-15-9-25-14(8-26-15)19(22,23)24)18(31)12-4-5-13(20)16(21)17(12)30-27-6-7-28-30/h4-9,11H,3,10H2,1-2H3. The molecule has 0 radical (unpaired) electrons. The van der Waals surface area contributed by atoms with Gasteiger partial charge in [0.25, 0.3) is 5.91 Å². The van der Waals surface area contributed by atoms with E-state index in [4.69, 9.17) is 4.74 Å². The summed E-state index contributed by atoms with van der Waals surface area (Å²) in [7, 11) is 0. The minimum absolute atomic E-state index is 0.140. The molecule has 0 saturated carbocycles. The molecule has 0 fully saturated rings. The molecule has 1 atom stereocenters. The minimum atomic E-state index is -4.63. The minimum Gasteiger partial charge on any atom is -0.474 e. The lowest BCUT2D eigenvalue weighted by atomic mass is 10.1. The summed E-state index contributed by atoms with van der Waals surface area (Å²) in [5.74, 6) is -3.27. The van der Waals surface area contributed by atoms with Crippen LogP contribution in [-0.4, -0.2) is 55.0 Å². The van der Waals surface area contributed by atoms with Gasteiger partial charge in [-0.15, -0.1) is 4.80 Å². The van der Waals surface area contributed by atoms with Crippen LogP contribution in [0.3, 0.4) is 0 Å². The SMILES string of the molecule is CCN(C(=O)c1ccc(F)c(F)c1-n1nccn1)C(C)COc1cnc(C(F)(F)F)cn1. The molecule has 8 nitrogen and oxygen atoms in total. The van der Waals surface area contributed by atoms with Crippen molar-refractivity contribution in [3.8, 4) is 11.6 Å². The molecule has 3 rings (SSSR count). The summed E-state index contributed by atoms with van der Waals surface area (Å²) in [5, 5.41) is 7.54. The molecule has 0 saturated heterocycles. The second-order valence-corrected chi connectivity index (χ2v) is 6.56. The molecule has 2 aromatic heterocycles. The van der Waals surface area contributed by atoms with Crippen molar-refractivity contribution in [2.45, 2.75) is 26.1 Å². The lowest BCUT2D eigenvalue weighted by molar-refractivity contribution is -0.141. The molecule has 2 heterocycles. The summed E-state index contributed by atoms with van der Waals surface area (Å²) in [5.41, 5.74) is -1.79. The van der Waals surface area contributed by atoms with Crippen molar-refractivity contribution in [3.05, 3.63) is 59.8 Å². The smallest absolute Gasteiger partial charge is 0.434 e. The molecule has 0 bridgehead atoms. The van der Waals surface area contributed by atoms with E-state index in [0.717, 1.165) is 23.1 Å². The number of likely N-dealkylation sites (N-methyl/N-ethyl adjacent to an activating group) is 1. The molecule has 0 aliphatic rings. The highest BCUT2D eigenvalue weighted by Crippen LogP contribution is 2.27. The number of benzene rings is 1. The highest BCUT2D eigenvalue weighted by atomic mass is 19.4. The van der Waals surface area contributed by atoms with Crippen LogP contribution < -0.4 is 4.74 Å². The van der Waals surface area contributed by atoms with Crippen molar-refractivity contribution in [1.29, 1.82) is 0 Å². The highest BCUT2D eigenvalue weighted by Gasteiger charge is 2.33. The number of aromatic nitrogens is 5. The van der Waals surface area contributed by atoms with E-state index in [0.29, 0.717) is 6.20 Å². The molecular formula is C19H17F5N6O2. The van der Waals surface area contributed by atoms with Crippen LogP contribution >= 0.6 is 0 Å².